The highest BCUT2D eigenvalue weighted by Gasteiger charge is 2.10. The van der Waals surface area contributed by atoms with E-state index in [-0.39, 0.29) is 4.58 Å². The molecule has 12 heavy (non-hydrogen) atoms. The van der Waals surface area contributed by atoms with Gasteiger partial charge < -0.3 is 5.73 Å². The van der Waals surface area contributed by atoms with Crippen LogP contribution in [0.4, 0.5) is 0 Å². The van der Waals surface area contributed by atoms with Gasteiger partial charge in [0.15, 0.2) is 0 Å². The van der Waals surface area contributed by atoms with Crippen molar-refractivity contribution in [1.29, 1.82) is 0 Å². The summed E-state index contributed by atoms with van der Waals surface area (Å²) in [7, 11) is 0. The van der Waals surface area contributed by atoms with Crippen LogP contribution in [0.5, 0.6) is 0 Å². The van der Waals surface area contributed by atoms with Gasteiger partial charge in [-0.3, -0.25) is 4.79 Å². The van der Waals surface area contributed by atoms with Crippen LogP contribution >= 0.6 is 25.3 Å². The summed E-state index contributed by atoms with van der Waals surface area (Å²) in [6.45, 7) is 0. The van der Waals surface area contributed by atoms with E-state index in [1.54, 1.807) is 18.2 Å². The Morgan fingerprint density at radius 2 is 1.92 bits per heavy atom. The molecule has 0 aliphatic rings. The molecule has 64 valence electrons. The predicted molar refractivity (Wildman–Crippen MR) is 55.7 cm³/mol. The van der Waals surface area contributed by atoms with E-state index in [1.807, 2.05) is 6.07 Å². The number of primary amides is 1. The van der Waals surface area contributed by atoms with Crippen molar-refractivity contribution in [3.8, 4) is 0 Å². The summed E-state index contributed by atoms with van der Waals surface area (Å²) in [4.78, 5) is 10.9. The van der Waals surface area contributed by atoms with Gasteiger partial charge in [0.1, 0.15) is 0 Å². The van der Waals surface area contributed by atoms with Gasteiger partial charge in [-0.05, 0) is 11.6 Å². The van der Waals surface area contributed by atoms with E-state index in [4.69, 9.17) is 5.73 Å². The third-order valence-corrected chi connectivity index (χ3v) is 2.06. The molecule has 0 radical (unpaired) electrons. The largest absolute Gasteiger partial charge is 0.366 e. The zero-order chi connectivity index (χ0) is 9.14. The number of benzene rings is 1. The SMILES string of the molecule is NC(=O)c1ccccc1C(S)S. The van der Waals surface area contributed by atoms with Crippen molar-refractivity contribution in [3.63, 3.8) is 0 Å². The van der Waals surface area contributed by atoms with Gasteiger partial charge in [0.2, 0.25) is 5.91 Å². The lowest BCUT2D eigenvalue weighted by molar-refractivity contribution is 0.0999. The number of carbonyl (C=O) groups is 1. The maximum absolute atomic E-state index is 10.9. The van der Waals surface area contributed by atoms with E-state index in [0.29, 0.717) is 5.56 Å². The molecule has 0 saturated carbocycles. The minimum Gasteiger partial charge on any atom is -0.366 e. The second-order valence-corrected chi connectivity index (χ2v) is 3.77. The van der Waals surface area contributed by atoms with Crippen LogP contribution in [0, 0.1) is 0 Å². The first-order chi connectivity index (χ1) is 5.63. The van der Waals surface area contributed by atoms with Crippen molar-refractivity contribution in [1.82, 2.24) is 0 Å². The summed E-state index contributed by atoms with van der Waals surface area (Å²) in [6, 6.07) is 7.02. The van der Waals surface area contributed by atoms with E-state index in [1.165, 1.54) is 0 Å². The van der Waals surface area contributed by atoms with E-state index in [0.717, 1.165) is 5.56 Å². The van der Waals surface area contributed by atoms with Gasteiger partial charge in [0.25, 0.3) is 0 Å². The first-order valence-corrected chi connectivity index (χ1v) is 4.41. The Morgan fingerprint density at radius 1 is 1.33 bits per heavy atom. The zero-order valence-electron chi connectivity index (χ0n) is 6.27. The highest BCUT2D eigenvalue weighted by molar-refractivity contribution is 7.98. The van der Waals surface area contributed by atoms with Crippen LogP contribution in [0.15, 0.2) is 24.3 Å². The fourth-order valence-electron chi connectivity index (χ4n) is 0.947. The molecule has 0 bridgehead atoms. The highest BCUT2D eigenvalue weighted by atomic mass is 32.2. The van der Waals surface area contributed by atoms with Gasteiger partial charge in [0, 0.05) is 5.56 Å². The second kappa shape index (κ2) is 3.87. The number of hydrogen-bond acceptors (Lipinski definition) is 3. The normalized spacial score (nSPS) is 10.2. The van der Waals surface area contributed by atoms with Crippen molar-refractivity contribution >= 4 is 31.2 Å². The van der Waals surface area contributed by atoms with Crippen LogP contribution in [-0.4, -0.2) is 5.91 Å². The Balaban J connectivity index is 3.17. The molecule has 1 rings (SSSR count). The molecule has 0 spiro atoms. The van der Waals surface area contributed by atoms with E-state index >= 15 is 0 Å². The fraction of sp³-hybridized carbons (Fsp3) is 0.125. The average Bonchev–Trinajstić information content (AvgIpc) is 2.04. The molecular weight excluding hydrogens is 190 g/mol. The van der Waals surface area contributed by atoms with Crippen LogP contribution in [-0.2, 0) is 0 Å². The Morgan fingerprint density at radius 3 is 2.33 bits per heavy atom. The summed E-state index contributed by atoms with van der Waals surface area (Å²) < 4.78 is -0.270. The first-order valence-electron chi connectivity index (χ1n) is 3.38. The molecule has 0 fully saturated rings. The molecule has 4 heteroatoms. The van der Waals surface area contributed by atoms with Crippen LogP contribution in [0.25, 0.3) is 0 Å². The lowest BCUT2D eigenvalue weighted by Gasteiger charge is -2.07. The van der Waals surface area contributed by atoms with Crippen LogP contribution in [0.1, 0.15) is 20.5 Å². The standard InChI is InChI=1S/C8H9NOS2/c9-7(10)5-3-1-2-4-6(5)8(11)12/h1-4,8,11-12H,(H2,9,10). The lowest BCUT2D eigenvalue weighted by Crippen LogP contribution is -2.13. The molecular formula is C8H9NOS2. The van der Waals surface area contributed by atoms with Gasteiger partial charge in [0.05, 0.1) is 4.58 Å². The smallest absolute Gasteiger partial charge is 0.249 e. The predicted octanol–water partition coefficient (Wildman–Crippen LogP) is 1.64. The van der Waals surface area contributed by atoms with Gasteiger partial charge in [-0.15, -0.1) is 0 Å². The number of amides is 1. The Kier molecular flexibility index (Phi) is 3.05. The molecule has 0 unspecified atom stereocenters. The summed E-state index contributed by atoms with van der Waals surface area (Å²) in [5, 5.41) is 0. The van der Waals surface area contributed by atoms with Crippen molar-refractivity contribution in [3.05, 3.63) is 35.4 Å². The maximum Gasteiger partial charge on any atom is 0.249 e. The lowest BCUT2D eigenvalue weighted by atomic mass is 10.1. The molecule has 0 atom stereocenters. The number of nitrogens with two attached hydrogens (primary N) is 1. The number of thiol groups is 2. The Bertz CT molecular complexity index is 299. The first kappa shape index (κ1) is 9.48. The summed E-state index contributed by atoms with van der Waals surface area (Å²) >= 11 is 8.22. The quantitative estimate of drug-likeness (QED) is 0.492. The van der Waals surface area contributed by atoms with E-state index in [2.05, 4.69) is 25.3 Å². The third kappa shape index (κ3) is 1.95. The van der Waals surface area contributed by atoms with Crippen molar-refractivity contribution < 1.29 is 4.79 Å². The van der Waals surface area contributed by atoms with Crippen molar-refractivity contribution in [2.45, 2.75) is 4.58 Å². The molecule has 2 N–H and O–H groups in total. The fourth-order valence-corrected chi connectivity index (χ4v) is 1.40. The number of hydrogen-bond donors (Lipinski definition) is 3. The van der Waals surface area contributed by atoms with Crippen molar-refractivity contribution in [2.75, 3.05) is 0 Å². The summed E-state index contributed by atoms with van der Waals surface area (Å²) in [5.74, 6) is -0.446. The van der Waals surface area contributed by atoms with E-state index < -0.39 is 5.91 Å². The van der Waals surface area contributed by atoms with Crippen LogP contribution in [0.2, 0.25) is 0 Å². The molecule has 0 saturated heterocycles. The minimum atomic E-state index is -0.446. The molecule has 1 aromatic carbocycles. The minimum absolute atomic E-state index is 0.270. The average molecular weight is 199 g/mol. The van der Waals surface area contributed by atoms with Gasteiger partial charge >= 0.3 is 0 Å². The molecule has 1 amide bonds. The van der Waals surface area contributed by atoms with Gasteiger partial charge in [-0.1, -0.05) is 18.2 Å². The molecule has 0 aliphatic heterocycles. The molecule has 0 aliphatic carbocycles. The monoisotopic (exact) mass is 199 g/mol. The maximum atomic E-state index is 10.9. The second-order valence-electron chi connectivity index (χ2n) is 2.33. The zero-order valence-corrected chi connectivity index (χ0v) is 8.06. The van der Waals surface area contributed by atoms with Crippen LogP contribution < -0.4 is 5.73 Å². The summed E-state index contributed by atoms with van der Waals surface area (Å²) in [5.41, 5.74) is 6.37. The topological polar surface area (TPSA) is 43.1 Å². The van der Waals surface area contributed by atoms with Crippen LogP contribution in [0.3, 0.4) is 0 Å². The molecule has 2 nitrogen and oxygen atoms in total. The van der Waals surface area contributed by atoms with Crippen molar-refractivity contribution in [2.24, 2.45) is 5.73 Å². The van der Waals surface area contributed by atoms with Gasteiger partial charge in [-0.25, -0.2) is 0 Å². The Labute approximate surface area is 82.0 Å². The van der Waals surface area contributed by atoms with Gasteiger partial charge in [-0.2, -0.15) is 25.3 Å². The molecule has 1 aromatic rings. The Hall–Kier alpha value is -0.610. The summed E-state index contributed by atoms with van der Waals surface area (Å²) in [6.07, 6.45) is 0. The third-order valence-electron chi connectivity index (χ3n) is 1.50. The number of carbonyl (C=O) groups excluding carboxylic acids is 1. The highest BCUT2D eigenvalue weighted by Crippen LogP contribution is 2.26. The molecule has 0 aromatic heterocycles. The van der Waals surface area contributed by atoms with E-state index in [9.17, 15) is 4.79 Å². The number of rotatable bonds is 2. The molecule has 0 heterocycles.